The zero-order chi connectivity index (χ0) is 22.3. The number of phosphoric acid groups is 4. The SMILES string of the molecule is O=P([O-])([O-])O[C@@H]1[C@H](OP(=O)([O-])[O-])[C@H](OP(=O)([O-])[O-])[C@@H](O)[C@H](O)[C@H]1OP(=O)([O-])[O-].[Na+].[Na+].[Na+].[Na+].[Na+].[Na+].[Na+].[Na+]. The van der Waals surface area contributed by atoms with Crippen molar-refractivity contribution in [1.29, 1.82) is 0 Å². The molecule has 0 heterocycles. The van der Waals surface area contributed by atoms with Crippen LogP contribution in [0.2, 0.25) is 0 Å². The van der Waals surface area contributed by atoms with Crippen LogP contribution in [0.1, 0.15) is 0 Å². The minimum absolute atomic E-state index is 0. The molecule has 0 bridgehead atoms. The molecule has 0 amide bonds. The first-order valence-corrected chi connectivity index (χ1v) is 12.2. The quantitative estimate of drug-likeness (QED) is 0.178. The van der Waals surface area contributed by atoms with Crippen molar-refractivity contribution in [1.82, 2.24) is 0 Å². The van der Waals surface area contributed by atoms with Crippen LogP contribution in [0.4, 0.5) is 0 Å². The number of aliphatic hydroxyl groups is 2. The summed E-state index contributed by atoms with van der Waals surface area (Å²) in [5, 5.41) is 19.5. The Balaban J connectivity index is -0.000000163. The second kappa shape index (κ2) is 26.3. The monoisotopic (exact) mass is 676 g/mol. The van der Waals surface area contributed by atoms with E-state index in [4.69, 9.17) is 0 Å². The van der Waals surface area contributed by atoms with Gasteiger partial charge >= 0.3 is 236 Å². The Hall–Kier alpha value is 8.36. The fourth-order valence-electron chi connectivity index (χ4n) is 2.23. The normalized spacial score (nSPS) is 25.7. The molecule has 36 heavy (non-hydrogen) atoms. The van der Waals surface area contributed by atoms with E-state index in [0.29, 0.717) is 0 Å². The topological polar surface area (TPSA) is 330 Å². The van der Waals surface area contributed by atoms with Gasteiger partial charge in [-0.25, -0.2) is 0 Å². The third-order valence-corrected chi connectivity index (χ3v) is 5.00. The van der Waals surface area contributed by atoms with Gasteiger partial charge in [-0.1, -0.05) is 0 Å². The van der Waals surface area contributed by atoms with Crippen LogP contribution in [0.25, 0.3) is 0 Å². The first-order valence-electron chi connectivity index (χ1n) is 6.38. The molecule has 18 nitrogen and oxygen atoms in total. The number of hydrogen-bond donors (Lipinski definition) is 2. The summed E-state index contributed by atoms with van der Waals surface area (Å²) >= 11 is 0. The van der Waals surface area contributed by atoms with Crippen molar-refractivity contribution < 1.29 is 322 Å². The summed E-state index contributed by atoms with van der Waals surface area (Å²) in [6, 6.07) is 0. The number of rotatable bonds is 8. The summed E-state index contributed by atoms with van der Waals surface area (Å²) in [5.41, 5.74) is 0. The van der Waals surface area contributed by atoms with Crippen molar-refractivity contribution >= 4 is 31.3 Å². The van der Waals surface area contributed by atoms with Gasteiger partial charge < -0.3 is 85.7 Å². The Labute approximate surface area is 381 Å². The van der Waals surface area contributed by atoms with Crippen molar-refractivity contribution in [2.45, 2.75) is 36.6 Å². The maximum Gasteiger partial charge on any atom is 1.00 e. The second-order valence-corrected chi connectivity index (χ2v) is 9.47. The number of hydrogen-bond acceptors (Lipinski definition) is 18. The van der Waals surface area contributed by atoms with Gasteiger partial charge in [-0.3, -0.25) is 0 Å². The van der Waals surface area contributed by atoms with Crippen molar-refractivity contribution in [3.05, 3.63) is 0 Å². The summed E-state index contributed by atoms with van der Waals surface area (Å²) in [6.45, 7) is 0. The largest absolute Gasteiger partial charge is 1.00 e. The molecule has 168 valence electrons. The first kappa shape index (κ1) is 63.1. The van der Waals surface area contributed by atoms with E-state index in [0.717, 1.165) is 0 Å². The fourth-order valence-corrected chi connectivity index (χ4v) is 4.39. The van der Waals surface area contributed by atoms with Crippen LogP contribution in [0.15, 0.2) is 0 Å². The van der Waals surface area contributed by atoms with Gasteiger partial charge in [0.2, 0.25) is 0 Å². The van der Waals surface area contributed by atoms with E-state index < -0.39 is 67.9 Å². The molecule has 2 N–H and O–H groups in total. The smallest absolute Gasteiger partial charge is 0.790 e. The first-order chi connectivity index (χ1) is 12.2. The van der Waals surface area contributed by atoms with Crippen LogP contribution in [0, 0.1) is 0 Å². The molecule has 1 fully saturated rings. The maximum atomic E-state index is 10.8. The van der Waals surface area contributed by atoms with E-state index in [1.807, 2.05) is 0 Å². The van der Waals surface area contributed by atoms with E-state index in [1.54, 1.807) is 0 Å². The summed E-state index contributed by atoms with van der Waals surface area (Å²) in [5.74, 6) is 0. The van der Waals surface area contributed by atoms with Gasteiger partial charge in [0.15, 0.2) is 0 Å². The summed E-state index contributed by atoms with van der Waals surface area (Å²) < 4.78 is 58.0. The molecule has 0 aliphatic heterocycles. The summed E-state index contributed by atoms with van der Waals surface area (Å²) in [6.07, 6.45) is -17.6. The van der Waals surface area contributed by atoms with Gasteiger partial charge in [0, 0.05) is 0 Å². The number of aliphatic hydroxyl groups excluding tert-OH is 2. The third-order valence-electron chi connectivity index (χ3n) is 3.00. The molecule has 0 unspecified atom stereocenters. The molecule has 0 radical (unpaired) electrons. The maximum absolute atomic E-state index is 10.8. The molecule has 30 heteroatoms. The standard InChI is InChI=1S/C6H16O18P4.8Na/c7-1-2(8)4(22-26(12,13)14)6(24-28(18,19)20)5(23-27(15,16)17)3(1)21-25(9,10)11;;;;;;;;/h1-8H,(H2,9,10,11)(H2,12,13,14)(H2,15,16,17)(H2,18,19,20);;;;;;;;/q;8*+1/p-8/t1-,2-,3+,4+,5-,6+;;;;;;;;/m0......../s1. The molecule has 6 atom stereocenters. The Morgan fingerprint density at radius 3 is 0.667 bits per heavy atom. The molecule has 1 saturated carbocycles. The summed E-state index contributed by atoms with van der Waals surface area (Å²) in [7, 11) is -24.9. The van der Waals surface area contributed by atoms with Gasteiger partial charge in [0.25, 0.3) is 0 Å². The zero-order valence-electron chi connectivity index (χ0n) is 20.7. The Kier molecular flexibility index (Phi) is 46.1. The molecular formula is C6H8Na8O18P4. The average Bonchev–Trinajstić information content (AvgIpc) is 2.39. The van der Waals surface area contributed by atoms with Gasteiger partial charge in [0.1, 0.15) is 36.6 Å². The van der Waals surface area contributed by atoms with E-state index in [2.05, 4.69) is 18.1 Å². The molecule has 0 aromatic rings. The Morgan fingerprint density at radius 2 is 0.528 bits per heavy atom. The fraction of sp³-hybridized carbons (Fsp3) is 1.00. The average molecular weight is 676 g/mol. The van der Waals surface area contributed by atoms with Crippen LogP contribution in [-0.4, -0.2) is 46.8 Å². The van der Waals surface area contributed by atoms with Crippen molar-refractivity contribution in [2.75, 3.05) is 0 Å². The van der Waals surface area contributed by atoms with Crippen LogP contribution < -0.4 is 276 Å². The van der Waals surface area contributed by atoms with Crippen molar-refractivity contribution in [2.24, 2.45) is 0 Å². The molecule has 1 aliphatic carbocycles. The van der Waals surface area contributed by atoms with E-state index in [-0.39, 0.29) is 236 Å². The van der Waals surface area contributed by atoms with Crippen LogP contribution in [-0.2, 0) is 36.4 Å². The second-order valence-electron chi connectivity index (χ2n) is 5.05. The van der Waals surface area contributed by atoms with Crippen molar-refractivity contribution in [3.63, 3.8) is 0 Å². The predicted octanol–water partition coefficient (Wildman–Crippen LogP) is -32.4. The van der Waals surface area contributed by atoms with Crippen LogP contribution >= 0.6 is 31.3 Å². The Morgan fingerprint density at radius 1 is 0.389 bits per heavy atom. The Bertz CT molecular complexity index is 692. The number of phosphoric ester groups is 4. The molecule has 0 spiro atoms. The van der Waals surface area contributed by atoms with E-state index in [1.165, 1.54) is 0 Å². The molecular weight excluding hydrogens is 668 g/mol. The minimum atomic E-state index is -6.28. The van der Waals surface area contributed by atoms with Gasteiger partial charge in [-0.2, -0.15) is 0 Å². The molecule has 0 aromatic heterocycles. The third kappa shape index (κ3) is 26.4. The van der Waals surface area contributed by atoms with Crippen LogP contribution in [0.5, 0.6) is 0 Å². The van der Waals surface area contributed by atoms with Crippen molar-refractivity contribution in [3.8, 4) is 0 Å². The molecule has 0 aromatic carbocycles. The summed E-state index contributed by atoms with van der Waals surface area (Å²) in [4.78, 5) is 86.3. The van der Waals surface area contributed by atoms with Gasteiger partial charge in [0.05, 0.1) is 31.3 Å². The van der Waals surface area contributed by atoms with Crippen LogP contribution in [0.3, 0.4) is 0 Å². The van der Waals surface area contributed by atoms with E-state index in [9.17, 15) is 67.6 Å². The molecule has 0 saturated heterocycles. The van der Waals surface area contributed by atoms with Gasteiger partial charge in [-0.05, 0) is 0 Å². The molecule has 1 aliphatic rings. The predicted molar refractivity (Wildman–Crippen MR) is 61.9 cm³/mol. The minimum Gasteiger partial charge on any atom is -0.790 e. The molecule has 1 rings (SSSR count). The zero-order valence-corrected chi connectivity index (χ0v) is 40.3. The van der Waals surface area contributed by atoms with E-state index >= 15 is 0 Å². The van der Waals surface area contributed by atoms with Gasteiger partial charge in [-0.15, -0.1) is 0 Å².